The summed E-state index contributed by atoms with van der Waals surface area (Å²) in [7, 11) is 0. The molecule has 0 saturated heterocycles. The van der Waals surface area contributed by atoms with Crippen molar-refractivity contribution in [2.24, 2.45) is 16.5 Å². The number of nitrogens with two attached hydrogens (primary N) is 2. The summed E-state index contributed by atoms with van der Waals surface area (Å²) in [6.45, 7) is 1.39. The minimum atomic E-state index is -2.06. The third-order valence-electron chi connectivity index (χ3n) is 5.29. The highest BCUT2D eigenvalue weighted by atomic mass is 16.7. The number of fused-ring (bicyclic) bond motifs is 1. The van der Waals surface area contributed by atoms with Crippen molar-refractivity contribution in [1.29, 1.82) is 0 Å². The van der Waals surface area contributed by atoms with E-state index < -0.39 is 23.4 Å². The number of carbonyl (C=O) groups is 3. The fourth-order valence-electron chi connectivity index (χ4n) is 3.69. The van der Waals surface area contributed by atoms with Gasteiger partial charge in [0.15, 0.2) is 17.5 Å². The summed E-state index contributed by atoms with van der Waals surface area (Å²) in [5.41, 5.74) is 9.53. The zero-order valence-electron chi connectivity index (χ0n) is 18.7. The van der Waals surface area contributed by atoms with Gasteiger partial charge in [-0.1, -0.05) is 24.3 Å². The number of benzene rings is 2. The first-order chi connectivity index (χ1) is 16.2. The number of carboxylic acids is 1. The van der Waals surface area contributed by atoms with E-state index in [2.05, 4.69) is 10.3 Å². The maximum atomic E-state index is 13.3. The Morgan fingerprint density at radius 3 is 2.47 bits per heavy atom. The van der Waals surface area contributed by atoms with E-state index in [4.69, 9.17) is 20.9 Å². The second kappa shape index (κ2) is 10.7. The van der Waals surface area contributed by atoms with Crippen LogP contribution >= 0.6 is 0 Å². The second-order valence-electron chi connectivity index (χ2n) is 7.64. The van der Waals surface area contributed by atoms with Crippen molar-refractivity contribution < 1.29 is 29.0 Å². The number of guanidine groups is 1. The lowest BCUT2D eigenvalue weighted by Crippen LogP contribution is -2.67. The smallest absolute Gasteiger partial charge is 0.345 e. The van der Waals surface area contributed by atoms with Crippen LogP contribution in [0.1, 0.15) is 35.7 Å². The number of carbonyl (C=O) groups excluding carboxylic acids is 2. The number of aliphatic imine (C=N–C) groups is 1. The van der Waals surface area contributed by atoms with Crippen LogP contribution in [0.2, 0.25) is 0 Å². The summed E-state index contributed by atoms with van der Waals surface area (Å²) in [5, 5.41) is 13.3. The van der Waals surface area contributed by atoms with Crippen LogP contribution in [0.5, 0.6) is 11.5 Å². The number of hydrogen-bond donors (Lipinski definition) is 4. The summed E-state index contributed by atoms with van der Waals surface area (Å²) in [5.74, 6) is -1.89. The van der Waals surface area contributed by atoms with Crippen molar-refractivity contribution in [2.45, 2.75) is 32.0 Å². The van der Waals surface area contributed by atoms with Gasteiger partial charge in [0.05, 0.1) is 0 Å². The van der Waals surface area contributed by atoms with Crippen molar-refractivity contribution in [3.63, 3.8) is 0 Å². The van der Waals surface area contributed by atoms with Crippen LogP contribution in [0, 0.1) is 0 Å². The summed E-state index contributed by atoms with van der Waals surface area (Å²) in [4.78, 5) is 43.4. The molecular formula is C23H27N5O6. The quantitative estimate of drug-likeness (QED) is 0.172. The Kier molecular flexibility index (Phi) is 7.69. The van der Waals surface area contributed by atoms with E-state index in [0.717, 1.165) is 11.8 Å². The Bertz CT molecular complexity index is 1090. The first-order valence-corrected chi connectivity index (χ1v) is 10.6. The first-order valence-electron chi connectivity index (χ1n) is 10.6. The van der Waals surface area contributed by atoms with E-state index in [1.807, 2.05) is 0 Å². The Labute approximate surface area is 196 Å². The van der Waals surface area contributed by atoms with Crippen molar-refractivity contribution in [1.82, 2.24) is 10.2 Å². The van der Waals surface area contributed by atoms with E-state index in [1.165, 1.54) is 12.1 Å². The van der Waals surface area contributed by atoms with Gasteiger partial charge >= 0.3 is 5.97 Å². The lowest BCUT2D eigenvalue weighted by atomic mass is 9.98. The Hall–Kier alpha value is -4.12. The number of nitrogens with one attached hydrogen (secondary N) is 1. The van der Waals surface area contributed by atoms with Gasteiger partial charge in [-0.05, 0) is 42.7 Å². The lowest BCUT2D eigenvalue weighted by Gasteiger charge is -2.39. The van der Waals surface area contributed by atoms with Crippen LogP contribution in [0.25, 0.3) is 0 Å². The molecule has 2 aromatic carbocycles. The number of carboxylic acid groups (broad SMARTS) is 1. The number of amides is 2. The van der Waals surface area contributed by atoms with Crippen LogP contribution in [-0.4, -0.2) is 52.8 Å². The van der Waals surface area contributed by atoms with Gasteiger partial charge in [-0.25, -0.2) is 9.69 Å². The molecule has 34 heavy (non-hydrogen) atoms. The number of ether oxygens (including phenoxy) is 2. The monoisotopic (exact) mass is 469 g/mol. The molecule has 0 unspecified atom stereocenters. The Morgan fingerprint density at radius 2 is 1.82 bits per heavy atom. The number of rotatable bonds is 10. The predicted octanol–water partition coefficient (Wildman–Crippen LogP) is 1.03. The van der Waals surface area contributed by atoms with Gasteiger partial charge in [-0.15, -0.1) is 0 Å². The minimum absolute atomic E-state index is 0.0249. The van der Waals surface area contributed by atoms with Gasteiger partial charge in [0.1, 0.15) is 0 Å². The minimum Gasteiger partial charge on any atom is -0.478 e. The number of hydrogen-bond acceptors (Lipinski definition) is 7. The topological polar surface area (TPSA) is 170 Å². The van der Waals surface area contributed by atoms with E-state index in [9.17, 15) is 19.5 Å². The molecule has 0 saturated carbocycles. The largest absolute Gasteiger partial charge is 0.478 e. The third-order valence-corrected chi connectivity index (χ3v) is 5.29. The molecule has 2 aromatic rings. The molecule has 0 fully saturated rings. The number of imide groups is 1. The molecule has 11 heteroatoms. The second-order valence-corrected chi connectivity index (χ2v) is 7.64. The highest BCUT2D eigenvalue weighted by molar-refractivity contribution is 6.07. The molecule has 1 heterocycles. The fraction of sp³-hybridized carbons (Fsp3) is 0.304. The van der Waals surface area contributed by atoms with Crippen molar-refractivity contribution in [2.75, 3.05) is 13.3 Å². The summed E-state index contributed by atoms with van der Waals surface area (Å²) < 4.78 is 10.7. The van der Waals surface area contributed by atoms with E-state index in [-0.39, 0.29) is 44.2 Å². The maximum absolute atomic E-state index is 13.3. The zero-order valence-corrected chi connectivity index (χ0v) is 18.7. The normalized spacial score (nSPS) is 13.6. The predicted molar refractivity (Wildman–Crippen MR) is 123 cm³/mol. The average molecular weight is 469 g/mol. The highest BCUT2D eigenvalue weighted by Gasteiger charge is 2.48. The van der Waals surface area contributed by atoms with Crippen LogP contribution in [0.4, 0.5) is 0 Å². The summed E-state index contributed by atoms with van der Waals surface area (Å²) in [6.07, 6.45) is 0.0476. The van der Waals surface area contributed by atoms with Gasteiger partial charge in [0, 0.05) is 25.6 Å². The van der Waals surface area contributed by atoms with Crippen molar-refractivity contribution in [3.05, 3.63) is 59.7 Å². The van der Waals surface area contributed by atoms with Gasteiger partial charge in [-0.3, -0.25) is 19.9 Å². The maximum Gasteiger partial charge on any atom is 0.345 e. The molecule has 3 rings (SSSR count). The Morgan fingerprint density at radius 1 is 1.12 bits per heavy atom. The molecule has 0 aliphatic carbocycles. The average Bonchev–Trinajstić information content (AvgIpc) is 3.28. The SMILES string of the molecule is CC(=O)N(C(=O)c1ccccc1)[C@](CCCN=C(N)N)(NCc1ccc2c(c1)OCO2)C(=O)O. The van der Waals surface area contributed by atoms with Crippen LogP contribution in [0.15, 0.2) is 53.5 Å². The van der Waals surface area contributed by atoms with Gasteiger partial charge in [0.2, 0.25) is 18.4 Å². The third kappa shape index (κ3) is 5.44. The molecule has 6 N–H and O–H groups in total. The first kappa shape index (κ1) is 24.5. The molecule has 0 bridgehead atoms. The van der Waals surface area contributed by atoms with E-state index >= 15 is 0 Å². The molecule has 180 valence electrons. The molecule has 2 amide bonds. The molecule has 0 spiro atoms. The summed E-state index contributed by atoms with van der Waals surface area (Å²) in [6, 6.07) is 13.2. The number of aliphatic carboxylic acids is 1. The standard InChI is InChI=1S/C23H27N5O6/c1-15(29)28(20(30)17-6-3-2-4-7-17)23(21(31)32,10-5-11-26-22(24)25)27-13-16-8-9-18-19(12-16)34-14-33-18/h2-4,6-9,12,27H,5,10-11,13-14H2,1H3,(H,31,32)(H4,24,25,26)/t23-/m0/s1. The van der Waals surface area contributed by atoms with Crippen LogP contribution in [-0.2, 0) is 16.1 Å². The van der Waals surface area contributed by atoms with Gasteiger partial charge < -0.3 is 26.0 Å². The molecule has 1 aliphatic heterocycles. The molecule has 1 atom stereocenters. The summed E-state index contributed by atoms with van der Waals surface area (Å²) >= 11 is 0. The van der Waals surface area contributed by atoms with Crippen LogP contribution < -0.4 is 26.3 Å². The highest BCUT2D eigenvalue weighted by Crippen LogP contribution is 2.33. The van der Waals surface area contributed by atoms with Crippen molar-refractivity contribution in [3.8, 4) is 11.5 Å². The van der Waals surface area contributed by atoms with Crippen LogP contribution in [0.3, 0.4) is 0 Å². The number of nitrogens with zero attached hydrogens (tertiary/aromatic N) is 2. The van der Waals surface area contributed by atoms with Gasteiger partial charge in [-0.2, -0.15) is 0 Å². The molecule has 1 aliphatic rings. The Balaban J connectivity index is 1.96. The molecular weight excluding hydrogens is 442 g/mol. The fourth-order valence-corrected chi connectivity index (χ4v) is 3.69. The lowest BCUT2D eigenvalue weighted by molar-refractivity contribution is -0.159. The molecule has 0 radical (unpaired) electrons. The van der Waals surface area contributed by atoms with E-state index in [0.29, 0.717) is 17.1 Å². The van der Waals surface area contributed by atoms with Crippen molar-refractivity contribution >= 4 is 23.7 Å². The molecule has 11 nitrogen and oxygen atoms in total. The molecule has 0 aromatic heterocycles. The van der Waals surface area contributed by atoms with E-state index in [1.54, 1.807) is 36.4 Å². The van der Waals surface area contributed by atoms with Gasteiger partial charge in [0.25, 0.3) is 5.91 Å². The zero-order chi connectivity index (χ0) is 24.7.